The van der Waals surface area contributed by atoms with Crippen LogP contribution in [0.15, 0.2) is 18.2 Å². The van der Waals surface area contributed by atoms with E-state index < -0.39 is 6.10 Å². The Kier molecular flexibility index (Phi) is 3.86. The molecule has 4 heteroatoms. The molecule has 4 nitrogen and oxygen atoms in total. The second-order valence-electron chi connectivity index (χ2n) is 4.44. The van der Waals surface area contributed by atoms with Gasteiger partial charge in [-0.05, 0) is 37.5 Å². The van der Waals surface area contributed by atoms with Crippen molar-refractivity contribution in [2.45, 2.75) is 31.9 Å². The fraction of sp³-hybridized carbons (Fsp3) is 0.538. The van der Waals surface area contributed by atoms with Crippen molar-refractivity contribution in [3.05, 3.63) is 23.8 Å². The molecule has 0 fully saturated rings. The van der Waals surface area contributed by atoms with Crippen LogP contribution in [0.25, 0.3) is 0 Å². The molecule has 0 spiro atoms. The number of hydrogen-bond donors (Lipinski definition) is 2. The lowest BCUT2D eigenvalue weighted by Gasteiger charge is -2.19. The summed E-state index contributed by atoms with van der Waals surface area (Å²) in [4.78, 5) is 0. The first kappa shape index (κ1) is 12.2. The van der Waals surface area contributed by atoms with Crippen LogP contribution in [0.3, 0.4) is 0 Å². The van der Waals surface area contributed by atoms with Crippen molar-refractivity contribution in [1.82, 2.24) is 0 Å². The second-order valence-corrected chi connectivity index (χ2v) is 4.44. The molecule has 0 amide bonds. The minimum absolute atomic E-state index is 0.188. The smallest absolute Gasteiger partial charge is 0.161 e. The number of nitrogens with two attached hydrogens (primary N) is 1. The van der Waals surface area contributed by atoms with Gasteiger partial charge in [0.1, 0.15) is 13.2 Å². The normalized spacial score (nSPS) is 17.6. The summed E-state index contributed by atoms with van der Waals surface area (Å²) in [5.74, 6) is 1.59. The van der Waals surface area contributed by atoms with Gasteiger partial charge in [0.2, 0.25) is 0 Å². The quantitative estimate of drug-likeness (QED) is 0.823. The van der Waals surface area contributed by atoms with Crippen molar-refractivity contribution < 1.29 is 14.6 Å². The first-order chi connectivity index (χ1) is 8.16. The molecule has 94 valence electrons. The Morgan fingerprint density at radius 1 is 1.29 bits per heavy atom. The molecule has 1 aliphatic heterocycles. The van der Waals surface area contributed by atoms with Gasteiger partial charge in [0, 0.05) is 6.04 Å². The molecule has 0 saturated heterocycles. The molecule has 2 unspecified atom stereocenters. The summed E-state index contributed by atoms with van der Waals surface area (Å²) in [5.41, 5.74) is 6.75. The van der Waals surface area contributed by atoms with Crippen molar-refractivity contribution in [2.24, 2.45) is 5.73 Å². The highest BCUT2D eigenvalue weighted by Gasteiger charge is 2.13. The Morgan fingerprint density at radius 3 is 2.71 bits per heavy atom. The molecule has 1 heterocycles. The standard InChI is InChI=1S/C13H19NO3/c1-9(14)11(15)4-2-10-3-5-12-13(8-10)17-7-6-16-12/h3,5,8-9,11,15H,2,4,6-7,14H2,1H3. The van der Waals surface area contributed by atoms with E-state index in [1.807, 2.05) is 25.1 Å². The summed E-state index contributed by atoms with van der Waals surface area (Å²) in [6.07, 6.45) is 1.000. The predicted molar refractivity (Wildman–Crippen MR) is 65.4 cm³/mol. The summed E-state index contributed by atoms with van der Waals surface area (Å²) in [5, 5.41) is 9.65. The second kappa shape index (κ2) is 5.38. The molecule has 2 atom stereocenters. The van der Waals surface area contributed by atoms with Gasteiger partial charge in [-0.15, -0.1) is 0 Å². The molecule has 2 rings (SSSR count). The highest BCUT2D eigenvalue weighted by Crippen LogP contribution is 2.31. The van der Waals surface area contributed by atoms with E-state index in [-0.39, 0.29) is 6.04 Å². The number of ether oxygens (including phenoxy) is 2. The van der Waals surface area contributed by atoms with E-state index in [0.717, 1.165) is 23.5 Å². The zero-order chi connectivity index (χ0) is 12.3. The van der Waals surface area contributed by atoms with E-state index in [9.17, 15) is 5.11 Å². The van der Waals surface area contributed by atoms with Crippen LogP contribution in [0.4, 0.5) is 0 Å². The van der Waals surface area contributed by atoms with Gasteiger partial charge in [0.25, 0.3) is 0 Å². The van der Waals surface area contributed by atoms with E-state index >= 15 is 0 Å². The lowest BCUT2D eigenvalue weighted by atomic mass is 10.0. The molecule has 1 aromatic rings. The van der Waals surface area contributed by atoms with Crippen molar-refractivity contribution in [1.29, 1.82) is 0 Å². The van der Waals surface area contributed by atoms with Crippen LogP contribution in [0, 0.1) is 0 Å². The summed E-state index contributed by atoms with van der Waals surface area (Å²) >= 11 is 0. The largest absolute Gasteiger partial charge is 0.486 e. The lowest BCUT2D eigenvalue weighted by molar-refractivity contribution is 0.141. The van der Waals surface area contributed by atoms with Crippen molar-refractivity contribution in [3.63, 3.8) is 0 Å². The molecule has 0 bridgehead atoms. The van der Waals surface area contributed by atoms with Gasteiger partial charge in [-0.1, -0.05) is 6.07 Å². The molecular weight excluding hydrogens is 218 g/mol. The van der Waals surface area contributed by atoms with Crippen LogP contribution in [-0.4, -0.2) is 30.5 Å². The van der Waals surface area contributed by atoms with Crippen LogP contribution < -0.4 is 15.2 Å². The van der Waals surface area contributed by atoms with Crippen molar-refractivity contribution in [3.8, 4) is 11.5 Å². The third-order valence-corrected chi connectivity index (χ3v) is 2.94. The monoisotopic (exact) mass is 237 g/mol. The first-order valence-corrected chi connectivity index (χ1v) is 5.99. The Labute approximate surface area is 101 Å². The Hall–Kier alpha value is -1.26. The first-order valence-electron chi connectivity index (χ1n) is 5.99. The molecule has 3 N–H and O–H groups in total. The maximum Gasteiger partial charge on any atom is 0.161 e. The molecule has 0 aromatic heterocycles. The predicted octanol–water partition coefficient (Wildman–Crippen LogP) is 1.10. The number of fused-ring (bicyclic) bond motifs is 1. The molecule has 0 radical (unpaired) electrons. The van der Waals surface area contributed by atoms with Crippen LogP contribution in [0.2, 0.25) is 0 Å². The number of rotatable bonds is 4. The Bertz CT molecular complexity index is 379. The van der Waals surface area contributed by atoms with Gasteiger partial charge in [-0.2, -0.15) is 0 Å². The number of aliphatic hydroxyl groups is 1. The zero-order valence-corrected chi connectivity index (χ0v) is 10.1. The number of benzene rings is 1. The van der Waals surface area contributed by atoms with Gasteiger partial charge in [-0.3, -0.25) is 0 Å². The highest BCUT2D eigenvalue weighted by atomic mass is 16.6. The van der Waals surface area contributed by atoms with Crippen LogP contribution in [0.1, 0.15) is 18.9 Å². The summed E-state index contributed by atoms with van der Waals surface area (Å²) < 4.78 is 11.0. The van der Waals surface area contributed by atoms with E-state index in [4.69, 9.17) is 15.2 Å². The summed E-state index contributed by atoms with van der Waals surface area (Å²) in [7, 11) is 0. The SMILES string of the molecule is CC(N)C(O)CCc1ccc2c(c1)OCCO2. The summed E-state index contributed by atoms with van der Waals surface area (Å²) in [6.45, 7) is 3.02. The van der Waals surface area contributed by atoms with Crippen LogP contribution >= 0.6 is 0 Å². The van der Waals surface area contributed by atoms with E-state index in [2.05, 4.69) is 0 Å². The van der Waals surface area contributed by atoms with Crippen molar-refractivity contribution >= 4 is 0 Å². The topological polar surface area (TPSA) is 64.7 Å². The van der Waals surface area contributed by atoms with Gasteiger partial charge < -0.3 is 20.3 Å². The number of aliphatic hydroxyl groups excluding tert-OH is 1. The van der Waals surface area contributed by atoms with Gasteiger partial charge in [0.15, 0.2) is 11.5 Å². The Balaban J connectivity index is 1.97. The molecule has 1 aliphatic rings. The number of hydrogen-bond acceptors (Lipinski definition) is 4. The van der Waals surface area contributed by atoms with E-state index in [0.29, 0.717) is 19.6 Å². The molecule has 0 saturated carbocycles. The summed E-state index contributed by atoms with van der Waals surface area (Å²) in [6, 6.07) is 5.71. The average molecular weight is 237 g/mol. The molecular formula is C13H19NO3. The zero-order valence-electron chi connectivity index (χ0n) is 10.1. The fourth-order valence-corrected chi connectivity index (χ4v) is 1.82. The number of aryl methyl sites for hydroxylation is 1. The molecule has 17 heavy (non-hydrogen) atoms. The maximum absolute atomic E-state index is 9.65. The van der Waals surface area contributed by atoms with E-state index in [1.165, 1.54) is 0 Å². The Morgan fingerprint density at radius 2 is 2.00 bits per heavy atom. The van der Waals surface area contributed by atoms with Gasteiger partial charge in [-0.25, -0.2) is 0 Å². The molecule has 1 aromatic carbocycles. The van der Waals surface area contributed by atoms with Crippen LogP contribution in [-0.2, 0) is 6.42 Å². The maximum atomic E-state index is 9.65. The van der Waals surface area contributed by atoms with Gasteiger partial charge in [0.05, 0.1) is 6.10 Å². The fourth-order valence-electron chi connectivity index (χ4n) is 1.82. The highest BCUT2D eigenvalue weighted by molar-refractivity contribution is 5.43. The van der Waals surface area contributed by atoms with Crippen LogP contribution in [0.5, 0.6) is 11.5 Å². The van der Waals surface area contributed by atoms with Gasteiger partial charge >= 0.3 is 0 Å². The lowest BCUT2D eigenvalue weighted by Crippen LogP contribution is -2.31. The third-order valence-electron chi connectivity index (χ3n) is 2.94. The minimum atomic E-state index is -0.455. The molecule has 0 aliphatic carbocycles. The average Bonchev–Trinajstić information content (AvgIpc) is 2.35. The minimum Gasteiger partial charge on any atom is -0.486 e. The van der Waals surface area contributed by atoms with Crippen molar-refractivity contribution in [2.75, 3.05) is 13.2 Å². The van der Waals surface area contributed by atoms with E-state index in [1.54, 1.807) is 0 Å². The third kappa shape index (κ3) is 3.11.